The summed E-state index contributed by atoms with van der Waals surface area (Å²) in [7, 11) is 0. The summed E-state index contributed by atoms with van der Waals surface area (Å²) >= 11 is 0. The SMILES string of the molecule is CC(=CC(=O)O)CN(CCO)CC(F)F. The van der Waals surface area contributed by atoms with Crippen molar-refractivity contribution in [3.8, 4) is 0 Å². The summed E-state index contributed by atoms with van der Waals surface area (Å²) in [4.78, 5) is 11.6. The van der Waals surface area contributed by atoms with E-state index in [2.05, 4.69) is 0 Å². The molecule has 0 fully saturated rings. The molecule has 88 valence electrons. The first-order valence-corrected chi connectivity index (χ1v) is 4.47. The van der Waals surface area contributed by atoms with Crippen LogP contribution in [0.2, 0.25) is 0 Å². The van der Waals surface area contributed by atoms with Crippen molar-refractivity contribution in [3.05, 3.63) is 11.6 Å². The Kier molecular flexibility index (Phi) is 6.81. The van der Waals surface area contributed by atoms with Crippen LogP contribution in [0.1, 0.15) is 6.92 Å². The number of aliphatic hydroxyl groups excluding tert-OH is 1. The molecule has 0 saturated carbocycles. The van der Waals surface area contributed by atoms with Gasteiger partial charge in [-0.2, -0.15) is 0 Å². The van der Waals surface area contributed by atoms with Gasteiger partial charge in [-0.25, -0.2) is 13.6 Å². The molecule has 0 aromatic rings. The summed E-state index contributed by atoms with van der Waals surface area (Å²) in [5.74, 6) is -1.10. The first kappa shape index (κ1) is 14.0. The van der Waals surface area contributed by atoms with Crippen molar-refractivity contribution < 1.29 is 23.8 Å². The van der Waals surface area contributed by atoms with E-state index in [1.165, 1.54) is 4.90 Å². The predicted molar refractivity (Wildman–Crippen MR) is 50.9 cm³/mol. The van der Waals surface area contributed by atoms with E-state index < -0.39 is 18.9 Å². The molecule has 4 nitrogen and oxygen atoms in total. The van der Waals surface area contributed by atoms with Gasteiger partial charge >= 0.3 is 5.97 Å². The number of carboxylic acid groups (broad SMARTS) is 1. The van der Waals surface area contributed by atoms with Gasteiger partial charge in [0.2, 0.25) is 0 Å². The Labute approximate surface area is 86.8 Å². The van der Waals surface area contributed by atoms with Gasteiger partial charge in [0.05, 0.1) is 13.2 Å². The Morgan fingerprint density at radius 2 is 2.13 bits per heavy atom. The molecular formula is C9H15F2NO3. The average Bonchev–Trinajstić information content (AvgIpc) is 2.00. The quantitative estimate of drug-likeness (QED) is 0.620. The number of carboxylic acids is 1. The van der Waals surface area contributed by atoms with Gasteiger partial charge in [0.15, 0.2) is 0 Å². The first-order valence-electron chi connectivity index (χ1n) is 4.47. The van der Waals surface area contributed by atoms with Crippen molar-refractivity contribution in [1.29, 1.82) is 0 Å². The maximum atomic E-state index is 12.1. The van der Waals surface area contributed by atoms with E-state index in [4.69, 9.17) is 10.2 Å². The minimum absolute atomic E-state index is 0.106. The Morgan fingerprint density at radius 3 is 2.53 bits per heavy atom. The van der Waals surface area contributed by atoms with Gasteiger partial charge < -0.3 is 10.2 Å². The number of alkyl halides is 2. The fraction of sp³-hybridized carbons (Fsp3) is 0.667. The third-order valence-corrected chi connectivity index (χ3v) is 1.66. The minimum Gasteiger partial charge on any atom is -0.478 e. The van der Waals surface area contributed by atoms with E-state index in [-0.39, 0.29) is 19.7 Å². The molecule has 15 heavy (non-hydrogen) atoms. The van der Waals surface area contributed by atoms with E-state index >= 15 is 0 Å². The number of carbonyl (C=O) groups is 1. The van der Waals surface area contributed by atoms with Gasteiger partial charge in [-0.3, -0.25) is 4.90 Å². The summed E-state index contributed by atoms with van der Waals surface area (Å²) in [6.45, 7) is 1.08. The number of hydrogen-bond acceptors (Lipinski definition) is 3. The van der Waals surface area contributed by atoms with Crippen LogP contribution in [-0.4, -0.2) is 53.7 Å². The summed E-state index contributed by atoms with van der Waals surface area (Å²) in [5.41, 5.74) is 0.469. The van der Waals surface area contributed by atoms with Crippen LogP contribution in [-0.2, 0) is 4.79 Å². The zero-order chi connectivity index (χ0) is 11.8. The third-order valence-electron chi connectivity index (χ3n) is 1.66. The highest BCUT2D eigenvalue weighted by Gasteiger charge is 2.12. The normalized spacial score (nSPS) is 12.5. The standard InChI is InChI=1S/C9H15F2NO3/c1-7(4-9(14)15)5-12(2-3-13)6-8(10)11/h4,8,13H,2-3,5-6H2,1H3,(H,14,15). The topological polar surface area (TPSA) is 60.8 Å². The number of aliphatic carboxylic acids is 1. The van der Waals surface area contributed by atoms with E-state index in [1.807, 2.05) is 0 Å². The summed E-state index contributed by atoms with van der Waals surface area (Å²) in [6, 6.07) is 0. The lowest BCUT2D eigenvalue weighted by Gasteiger charge is -2.20. The smallest absolute Gasteiger partial charge is 0.328 e. The molecule has 0 bridgehead atoms. The van der Waals surface area contributed by atoms with Gasteiger partial charge in [0.1, 0.15) is 0 Å². The lowest BCUT2D eigenvalue weighted by molar-refractivity contribution is -0.131. The second kappa shape index (κ2) is 7.30. The highest BCUT2D eigenvalue weighted by atomic mass is 19.3. The van der Waals surface area contributed by atoms with Crippen LogP contribution in [0.4, 0.5) is 8.78 Å². The zero-order valence-corrected chi connectivity index (χ0v) is 8.49. The monoisotopic (exact) mass is 223 g/mol. The molecule has 0 saturated heterocycles. The molecule has 0 aliphatic carbocycles. The Bertz CT molecular complexity index is 231. The minimum atomic E-state index is -2.49. The fourth-order valence-corrected chi connectivity index (χ4v) is 1.18. The number of rotatable bonds is 7. The van der Waals surface area contributed by atoms with Gasteiger partial charge in [-0.05, 0) is 6.92 Å². The number of halogens is 2. The van der Waals surface area contributed by atoms with Crippen LogP contribution >= 0.6 is 0 Å². The van der Waals surface area contributed by atoms with Gasteiger partial charge in [-0.1, -0.05) is 5.57 Å². The first-order chi connectivity index (χ1) is 6.95. The number of aliphatic hydroxyl groups is 1. The molecule has 0 amide bonds. The van der Waals surface area contributed by atoms with Crippen molar-refractivity contribution in [2.45, 2.75) is 13.3 Å². The van der Waals surface area contributed by atoms with Gasteiger partial charge in [0, 0.05) is 19.2 Å². The number of nitrogens with zero attached hydrogens (tertiary/aromatic N) is 1. The van der Waals surface area contributed by atoms with Gasteiger partial charge in [0.25, 0.3) is 6.43 Å². The van der Waals surface area contributed by atoms with Crippen molar-refractivity contribution >= 4 is 5.97 Å². The predicted octanol–water partition coefficient (Wildman–Crippen LogP) is 0.577. The third kappa shape index (κ3) is 8.02. The zero-order valence-electron chi connectivity index (χ0n) is 8.49. The molecule has 0 heterocycles. The van der Waals surface area contributed by atoms with Crippen LogP contribution in [0.5, 0.6) is 0 Å². The lowest BCUT2D eigenvalue weighted by Crippen LogP contribution is -2.33. The summed E-state index contributed by atoms with van der Waals surface area (Å²) < 4.78 is 24.1. The molecule has 0 rings (SSSR count). The van der Waals surface area contributed by atoms with E-state index in [9.17, 15) is 13.6 Å². The highest BCUT2D eigenvalue weighted by molar-refractivity contribution is 5.80. The average molecular weight is 223 g/mol. The molecule has 0 unspecified atom stereocenters. The van der Waals surface area contributed by atoms with E-state index in [0.717, 1.165) is 6.08 Å². The highest BCUT2D eigenvalue weighted by Crippen LogP contribution is 2.02. The maximum absolute atomic E-state index is 12.1. The molecule has 0 aliphatic heterocycles. The second-order valence-electron chi connectivity index (χ2n) is 3.18. The molecule has 0 aliphatic rings. The second-order valence-corrected chi connectivity index (χ2v) is 3.18. The molecule has 0 spiro atoms. The van der Waals surface area contributed by atoms with Crippen molar-refractivity contribution in [3.63, 3.8) is 0 Å². The Morgan fingerprint density at radius 1 is 1.53 bits per heavy atom. The van der Waals surface area contributed by atoms with Crippen LogP contribution in [0.25, 0.3) is 0 Å². The molecule has 6 heteroatoms. The molecule has 0 aromatic heterocycles. The molecule has 0 radical (unpaired) electrons. The van der Waals surface area contributed by atoms with Crippen LogP contribution in [0, 0.1) is 0 Å². The van der Waals surface area contributed by atoms with Crippen LogP contribution < -0.4 is 0 Å². The van der Waals surface area contributed by atoms with Crippen LogP contribution in [0.15, 0.2) is 11.6 Å². The van der Waals surface area contributed by atoms with Gasteiger partial charge in [-0.15, -0.1) is 0 Å². The van der Waals surface area contributed by atoms with Crippen molar-refractivity contribution in [2.75, 3.05) is 26.2 Å². The largest absolute Gasteiger partial charge is 0.478 e. The molecule has 0 aromatic carbocycles. The summed E-state index contributed by atoms with van der Waals surface area (Å²) in [6.07, 6.45) is -1.52. The van der Waals surface area contributed by atoms with E-state index in [0.29, 0.717) is 5.57 Å². The Balaban J connectivity index is 4.20. The van der Waals surface area contributed by atoms with Crippen molar-refractivity contribution in [2.24, 2.45) is 0 Å². The maximum Gasteiger partial charge on any atom is 0.328 e. The molecular weight excluding hydrogens is 208 g/mol. The number of hydrogen-bond donors (Lipinski definition) is 2. The molecule has 0 atom stereocenters. The lowest BCUT2D eigenvalue weighted by atomic mass is 10.2. The van der Waals surface area contributed by atoms with Crippen LogP contribution in [0.3, 0.4) is 0 Å². The Hall–Kier alpha value is -1.01. The fourth-order valence-electron chi connectivity index (χ4n) is 1.18. The molecule has 2 N–H and O–H groups in total. The van der Waals surface area contributed by atoms with E-state index in [1.54, 1.807) is 6.92 Å². The summed E-state index contributed by atoms with van der Waals surface area (Å²) in [5, 5.41) is 17.0. The van der Waals surface area contributed by atoms with Crippen molar-refractivity contribution in [1.82, 2.24) is 4.90 Å².